The number of aromatic nitrogens is 4. The van der Waals surface area contributed by atoms with Gasteiger partial charge in [-0.25, -0.2) is 9.48 Å². The lowest BCUT2D eigenvalue weighted by Crippen LogP contribution is -2.16. The monoisotopic (exact) mass is 316 g/mol. The van der Waals surface area contributed by atoms with Gasteiger partial charge in [-0.2, -0.15) is 5.10 Å². The Bertz CT molecular complexity index is 675. The average molecular weight is 316 g/mol. The Kier molecular flexibility index (Phi) is 4.55. The lowest BCUT2D eigenvalue weighted by Gasteiger charge is -2.11. The molecule has 1 saturated carbocycles. The predicted molar refractivity (Wildman–Crippen MR) is 82.8 cm³/mol. The fourth-order valence-corrected chi connectivity index (χ4v) is 2.84. The molecule has 0 spiro atoms. The van der Waals surface area contributed by atoms with E-state index in [-0.39, 0.29) is 12.1 Å². The van der Waals surface area contributed by atoms with Crippen LogP contribution >= 0.6 is 0 Å². The van der Waals surface area contributed by atoms with Gasteiger partial charge in [-0.15, -0.1) is 10.2 Å². The Morgan fingerprint density at radius 1 is 1.30 bits per heavy atom. The Labute approximate surface area is 134 Å². The first-order chi connectivity index (χ1) is 11.2. The van der Waals surface area contributed by atoms with Crippen LogP contribution in [-0.2, 0) is 11.2 Å². The van der Waals surface area contributed by atoms with Gasteiger partial charge in [-0.05, 0) is 38.2 Å². The summed E-state index contributed by atoms with van der Waals surface area (Å²) >= 11 is 0. The minimum Gasteiger partial charge on any atom is -0.480 e. The van der Waals surface area contributed by atoms with Crippen molar-refractivity contribution >= 4 is 5.97 Å². The predicted octanol–water partition coefficient (Wildman–Crippen LogP) is 2.33. The molecule has 23 heavy (non-hydrogen) atoms. The van der Waals surface area contributed by atoms with Gasteiger partial charge in [0.05, 0.1) is 19.0 Å². The van der Waals surface area contributed by atoms with E-state index in [1.165, 1.54) is 7.11 Å². The molecule has 0 saturated heterocycles. The molecule has 7 nitrogen and oxygen atoms in total. The van der Waals surface area contributed by atoms with Crippen molar-refractivity contribution in [1.82, 2.24) is 20.0 Å². The summed E-state index contributed by atoms with van der Waals surface area (Å²) < 4.78 is 12.2. The molecule has 122 valence electrons. The van der Waals surface area contributed by atoms with Crippen LogP contribution in [0, 0.1) is 0 Å². The maximum Gasteiger partial charge on any atom is 0.341 e. The van der Waals surface area contributed by atoms with Crippen LogP contribution in [0.15, 0.2) is 18.3 Å². The number of esters is 1. The molecule has 0 aromatic carbocycles. The summed E-state index contributed by atoms with van der Waals surface area (Å²) in [6, 6.07) is 3.46. The zero-order chi connectivity index (χ0) is 16.2. The van der Waals surface area contributed by atoms with Crippen molar-refractivity contribution in [3.05, 3.63) is 29.6 Å². The molecule has 1 aliphatic carbocycles. The van der Waals surface area contributed by atoms with Crippen LogP contribution in [0.2, 0.25) is 0 Å². The maximum atomic E-state index is 12.4. The van der Waals surface area contributed by atoms with E-state index in [2.05, 4.69) is 15.3 Å². The summed E-state index contributed by atoms with van der Waals surface area (Å²) in [6.07, 6.45) is 6.37. The highest BCUT2D eigenvalue weighted by atomic mass is 16.5. The Morgan fingerprint density at radius 3 is 2.70 bits per heavy atom. The Morgan fingerprint density at radius 2 is 2.09 bits per heavy atom. The summed E-state index contributed by atoms with van der Waals surface area (Å²) in [7, 11) is 1.53. The van der Waals surface area contributed by atoms with Crippen LogP contribution in [0.1, 0.15) is 48.7 Å². The number of methoxy groups -OCH3 is 1. The quantitative estimate of drug-likeness (QED) is 0.788. The van der Waals surface area contributed by atoms with Gasteiger partial charge in [0, 0.05) is 6.07 Å². The number of carbonyl (C=O) groups is 1. The first-order valence-electron chi connectivity index (χ1n) is 7.89. The summed E-state index contributed by atoms with van der Waals surface area (Å²) in [4.78, 5) is 12.4. The van der Waals surface area contributed by atoms with Crippen LogP contribution in [0.25, 0.3) is 5.82 Å². The zero-order valence-corrected chi connectivity index (χ0v) is 13.4. The molecule has 0 unspecified atom stereocenters. The third-order valence-electron chi connectivity index (χ3n) is 4.05. The standard InChI is InChI=1S/C16H20N4O3/c1-3-13-12(16(21)23-11-6-4-5-7-11)10-17-20(13)14-8-9-15(22-2)19-18-14/h8-11H,3-7H2,1-2H3. The second kappa shape index (κ2) is 6.76. The number of hydrogen-bond donors (Lipinski definition) is 0. The van der Waals surface area contributed by atoms with Gasteiger partial charge < -0.3 is 9.47 Å². The average Bonchev–Trinajstić information content (AvgIpc) is 3.23. The summed E-state index contributed by atoms with van der Waals surface area (Å²) in [6.45, 7) is 1.97. The first-order valence-corrected chi connectivity index (χ1v) is 7.89. The van der Waals surface area contributed by atoms with Gasteiger partial charge in [-0.1, -0.05) is 6.92 Å². The number of ether oxygens (including phenoxy) is 2. The van der Waals surface area contributed by atoms with Crippen molar-refractivity contribution in [3.63, 3.8) is 0 Å². The lowest BCUT2D eigenvalue weighted by molar-refractivity contribution is 0.0316. The van der Waals surface area contributed by atoms with E-state index in [4.69, 9.17) is 9.47 Å². The summed E-state index contributed by atoms with van der Waals surface area (Å²) in [5, 5.41) is 12.3. The number of hydrogen-bond acceptors (Lipinski definition) is 6. The molecular weight excluding hydrogens is 296 g/mol. The van der Waals surface area contributed by atoms with Gasteiger partial charge in [-0.3, -0.25) is 0 Å². The van der Waals surface area contributed by atoms with Gasteiger partial charge in [0.1, 0.15) is 11.7 Å². The fraction of sp³-hybridized carbons (Fsp3) is 0.500. The van der Waals surface area contributed by atoms with Crippen LogP contribution in [-0.4, -0.2) is 39.2 Å². The first kappa shape index (κ1) is 15.5. The molecule has 0 atom stereocenters. The van der Waals surface area contributed by atoms with Gasteiger partial charge in [0.25, 0.3) is 0 Å². The molecule has 1 aliphatic rings. The number of nitrogens with zero attached hydrogens (tertiary/aromatic N) is 4. The second-order valence-corrected chi connectivity index (χ2v) is 5.52. The molecule has 3 rings (SSSR count). The normalized spacial score (nSPS) is 14.9. The highest BCUT2D eigenvalue weighted by Crippen LogP contribution is 2.23. The van der Waals surface area contributed by atoms with E-state index < -0.39 is 0 Å². The molecule has 0 bridgehead atoms. The third kappa shape index (κ3) is 3.18. The molecule has 1 fully saturated rings. The minimum absolute atomic E-state index is 0.0383. The van der Waals surface area contributed by atoms with Crippen molar-refractivity contribution in [2.75, 3.05) is 7.11 Å². The van der Waals surface area contributed by atoms with Crippen molar-refractivity contribution in [3.8, 4) is 11.7 Å². The summed E-state index contributed by atoms with van der Waals surface area (Å²) in [5.74, 6) is 0.670. The second-order valence-electron chi connectivity index (χ2n) is 5.52. The highest BCUT2D eigenvalue weighted by molar-refractivity contribution is 5.90. The largest absolute Gasteiger partial charge is 0.480 e. The SMILES string of the molecule is CCc1c(C(=O)OC2CCCC2)cnn1-c1ccc(OC)nn1. The topological polar surface area (TPSA) is 79.1 Å². The number of rotatable bonds is 5. The molecule has 0 amide bonds. The fourth-order valence-electron chi connectivity index (χ4n) is 2.84. The molecule has 7 heteroatoms. The van der Waals surface area contributed by atoms with Gasteiger partial charge >= 0.3 is 5.97 Å². The number of carbonyl (C=O) groups excluding carboxylic acids is 1. The Balaban J connectivity index is 1.84. The van der Waals surface area contributed by atoms with Crippen LogP contribution in [0.3, 0.4) is 0 Å². The molecule has 2 aromatic rings. The molecule has 0 radical (unpaired) electrons. The van der Waals surface area contributed by atoms with Gasteiger partial charge in [0.15, 0.2) is 5.82 Å². The lowest BCUT2D eigenvalue weighted by atomic mass is 10.2. The van der Waals surface area contributed by atoms with E-state index in [0.29, 0.717) is 23.7 Å². The molecule has 0 N–H and O–H groups in total. The van der Waals surface area contributed by atoms with Gasteiger partial charge in [0.2, 0.25) is 5.88 Å². The van der Waals surface area contributed by atoms with Crippen LogP contribution in [0.5, 0.6) is 5.88 Å². The van der Waals surface area contributed by atoms with Crippen molar-refractivity contribution in [2.24, 2.45) is 0 Å². The van der Waals surface area contributed by atoms with Crippen molar-refractivity contribution in [1.29, 1.82) is 0 Å². The third-order valence-corrected chi connectivity index (χ3v) is 4.05. The van der Waals surface area contributed by atoms with E-state index >= 15 is 0 Å². The Hall–Kier alpha value is -2.44. The molecular formula is C16H20N4O3. The van der Waals surface area contributed by atoms with Crippen LogP contribution < -0.4 is 4.74 Å². The molecule has 0 aliphatic heterocycles. The zero-order valence-electron chi connectivity index (χ0n) is 13.4. The van der Waals surface area contributed by atoms with E-state index in [9.17, 15) is 4.79 Å². The summed E-state index contributed by atoms with van der Waals surface area (Å²) in [5.41, 5.74) is 1.27. The maximum absolute atomic E-state index is 12.4. The smallest absolute Gasteiger partial charge is 0.341 e. The van der Waals surface area contributed by atoms with E-state index in [1.807, 2.05) is 6.92 Å². The minimum atomic E-state index is -0.304. The molecule has 2 heterocycles. The van der Waals surface area contributed by atoms with Crippen LogP contribution in [0.4, 0.5) is 0 Å². The molecule has 2 aromatic heterocycles. The van der Waals surface area contributed by atoms with Crippen molar-refractivity contribution in [2.45, 2.75) is 45.1 Å². The van der Waals surface area contributed by atoms with E-state index in [1.54, 1.807) is 23.0 Å². The highest BCUT2D eigenvalue weighted by Gasteiger charge is 2.24. The van der Waals surface area contributed by atoms with Crippen molar-refractivity contribution < 1.29 is 14.3 Å². The van der Waals surface area contributed by atoms with E-state index in [0.717, 1.165) is 31.4 Å².